The number of ether oxygens (including phenoxy) is 1. The lowest BCUT2D eigenvalue weighted by Gasteiger charge is -2.20. The van der Waals surface area contributed by atoms with Crippen LogP contribution < -0.4 is 5.73 Å². The number of nitrogens with two attached hydrogens (primary N) is 1. The van der Waals surface area contributed by atoms with E-state index in [9.17, 15) is 4.79 Å². The summed E-state index contributed by atoms with van der Waals surface area (Å²) in [6, 6.07) is 14.5. The van der Waals surface area contributed by atoms with Gasteiger partial charge in [-0.2, -0.15) is 0 Å². The Labute approximate surface area is 189 Å². The lowest BCUT2D eigenvalue weighted by molar-refractivity contribution is 0.0793. The van der Waals surface area contributed by atoms with Crippen molar-refractivity contribution in [1.82, 2.24) is 9.88 Å². The van der Waals surface area contributed by atoms with E-state index in [1.54, 1.807) is 0 Å². The van der Waals surface area contributed by atoms with E-state index in [4.69, 9.17) is 15.5 Å². The van der Waals surface area contributed by atoms with Crippen LogP contribution in [0.3, 0.4) is 0 Å². The Morgan fingerprint density at radius 2 is 1.91 bits per heavy atom. The maximum absolute atomic E-state index is 13.3. The Morgan fingerprint density at radius 3 is 2.75 bits per heavy atom. The zero-order valence-electron chi connectivity index (χ0n) is 18.8. The van der Waals surface area contributed by atoms with Gasteiger partial charge in [-0.15, -0.1) is 0 Å². The molecule has 1 amide bonds. The molecule has 2 aliphatic rings. The molecule has 2 fully saturated rings. The van der Waals surface area contributed by atoms with Crippen LogP contribution in [0.25, 0.3) is 22.0 Å². The van der Waals surface area contributed by atoms with E-state index in [1.165, 1.54) is 0 Å². The van der Waals surface area contributed by atoms with Crippen LogP contribution in [0.4, 0.5) is 5.82 Å². The van der Waals surface area contributed by atoms with Gasteiger partial charge in [0.1, 0.15) is 5.82 Å². The SMILES string of the molecule is Cc1cccc(C(=O)N2CCCC2)c1-c1ccc2nc(N)c(C3CCCOCC3)cc2c1. The molecule has 3 heterocycles. The third kappa shape index (κ3) is 3.97. The van der Waals surface area contributed by atoms with Crippen molar-refractivity contribution in [3.63, 3.8) is 0 Å². The number of likely N-dealkylation sites (tertiary alicyclic amines) is 1. The first-order valence-electron chi connectivity index (χ1n) is 11.8. The molecule has 2 N–H and O–H groups in total. The highest BCUT2D eigenvalue weighted by Crippen LogP contribution is 2.35. The highest BCUT2D eigenvalue weighted by Gasteiger charge is 2.24. The number of pyridine rings is 1. The van der Waals surface area contributed by atoms with Crippen molar-refractivity contribution in [3.8, 4) is 11.1 Å². The van der Waals surface area contributed by atoms with Gasteiger partial charge in [0.15, 0.2) is 0 Å². The summed E-state index contributed by atoms with van der Waals surface area (Å²) < 4.78 is 5.64. The van der Waals surface area contributed by atoms with Gasteiger partial charge in [0, 0.05) is 37.3 Å². The third-order valence-electron chi connectivity index (χ3n) is 6.95. The number of aryl methyl sites for hydroxylation is 1. The Kier molecular flexibility index (Phi) is 5.83. The molecule has 0 radical (unpaired) electrons. The van der Waals surface area contributed by atoms with Crippen molar-refractivity contribution >= 4 is 22.6 Å². The van der Waals surface area contributed by atoms with E-state index in [0.29, 0.717) is 11.7 Å². The lowest BCUT2D eigenvalue weighted by Crippen LogP contribution is -2.28. The van der Waals surface area contributed by atoms with Gasteiger partial charge in [0.05, 0.1) is 5.52 Å². The molecule has 2 saturated heterocycles. The number of fused-ring (bicyclic) bond motifs is 1. The van der Waals surface area contributed by atoms with Crippen LogP contribution in [0.2, 0.25) is 0 Å². The first-order valence-corrected chi connectivity index (χ1v) is 11.8. The van der Waals surface area contributed by atoms with E-state index in [0.717, 1.165) is 97.1 Å². The number of benzene rings is 2. The number of anilines is 1. The van der Waals surface area contributed by atoms with Gasteiger partial charge in [0.2, 0.25) is 0 Å². The van der Waals surface area contributed by atoms with Crippen LogP contribution >= 0.6 is 0 Å². The van der Waals surface area contributed by atoms with Gasteiger partial charge in [0.25, 0.3) is 5.91 Å². The van der Waals surface area contributed by atoms with Gasteiger partial charge in [-0.25, -0.2) is 4.98 Å². The van der Waals surface area contributed by atoms with Crippen LogP contribution in [0.1, 0.15) is 59.5 Å². The summed E-state index contributed by atoms with van der Waals surface area (Å²) in [6.45, 7) is 5.37. The summed E-state index contributed by atoms with van der Waals surface area (Å²) in [6.07, 6.45) is 5.27. The molecule has 2 aliphatic heterocycles. The summed E-state index contributed by atoms with van der Waals surface area (Å²) in [5.41, 5.74) is 12.4. The maximum atomic E-state index is 13.3. The zero-order chi connectivity index (χ0) is 22.1. The molecule has 1 atom stereocenters. The van der Waals surface area contributed by atoms with E-state index < -0.39 is 0 Å². The van der Waals surface area contributed by atoms with Crippen molar-refractivity contribution in [2.75, 3.05) is 32.0 Å². The van der Waals surface area contributed by atoms with Gasteiger partial charge in [-0.3, -0.25) is 4.79 Å². The molecule has 0 bridgehead atoms. The van der Waals surface area contributed by atoms with Gasteiger partial charge >= 0.3 is 0 Å². The summed E-state index contributed by atoms with van der Waals surface area (Å²) in [4.78, 5) is 20.0. The maximum Gasteiger partial charge on any atom is 0.254 e. The monoisotopic (exact) mass is 429 g/mol. The van der Waals surface area contributed by atoms with Crippen molar-refractivity contribution < 1.29 is 9.53 Å². The highest BCUT2D eigenvalue weighted by molar-refractivity contribution is 6.02. The van der Waals surface area contributed by atoms with E-state index >= 15 is 0 Å². The number of nitrogen functional groups attached to an aromatic ring is 1. The van der Waals surface area contributed by atoms with Gasteiger partial charge in [-0.05, 0) is 91.5 Å². The molecule has 32 heavy (non-hydrogen) atoms. The van der Waals surface area contributed by atoms with E-state index in [2.05, 4.69) is 31.2 Å². The van der Waals surface area contributed by atoms with Crippen molar-refractivity contribution in [2.24, 2.45) is 0 Å². The Morgan fingerprint density at radius 1 is 1.06 bits per heavy atom. The quantitative estimate of drug-likeness (QED) is 0.612. The van der Waals surface area contributed by atoms with E-state index in [-0.39, 0.29) is 5.91 Å². The van der Waals surface area contributed by atoms with Crippen molar-refractivity contribution in [2.45, 2.75) is 44.9 Å². The second-order valence-corrected chi connectivity index (χ2v) is 9.11. The number of amides is 1. The van der Waals surface area contributed by atoms with Crippen LogP contribution in [-0.2, 0) is 4.74 Å². The van der Waals surface area contributed by atoms with Crippen LogP contribution in [0, 0.1) is 6.92 Å². The minimum absolute atomic E-state index is 0.135. The predicted molar refractivity (Wildman–Crippen MR) is 129 cm³/mol. The first kappa shape index (κ1) is 21.0. The van der Waals surface area contributed by atoms with Crippen LogP contribution in [-0.4, -0.2) is 42.1 Å². The molecule has 5 rings (SSSR count). The average molecular weight is 430 g/mol. The average Bonchev–Trinajstić information content (AvgIpc) is 3.21. The van der Waals surface area contributed by atoms with Gasteiger partial charge in [-0.1, -0.05) is 18.2 Å². The molecule has 0 spiro atoms. The molecule has 1 unspecified atom stereocenters. The standard InChI is InChI=1S/C27H31N3O2/c1-18-6-4-8-22(27(31)30-12-2-3-13-30)25(18)20-9-10-24-21(16-20)17-23(26(28)29-24)19-7-5-14-32-15-11-19/h4,6,8-10,16-17,19H,2-3,5,7,11-15H2,1H3,(H2,28,29). The number of aromatic nitrogens is 1. The van der Waals surface area contributed by atoms with Crippen molar-refractivity contribution in [1.29, 1.82) is 0 Å². The zero-order valence-corrected chi connectivity index (χ0v) is 18.8. The molecule has 0 aliphatic carbocycles. The number of nitrogens with zero attached hydrogens (tertiary/aromatic N) is 2. The minimum atomic E-state index is 0.135. The molecule has 0 saturated carbocycles. The number of carbonyl (C=O) groups is 1. The Bertz CT molecular complexity index is 1140. The Balaban J connectivity index is 1.58. The largest absolute Gasteiger partial charge is 0.383 e. The fraction of sp³-hybridized carbons (Fsp3) is 0.407. The number of hydrogen-bond acceptors (Lipinski definition) is 4. The molecule has 2 aromatic carbocycles. The van der Waals surface area contributed by atoms with Crippen LogP contribution in [0.5, 0.6) is 0 Å². The number of carbonyl (C=O) groups excluding carboxylic acids is 1. The normalized spacial score (nSPS) is 19.3. The molecular weight excluding hydrogens is 398 g/mol. The summed E-state index contributed by atoms with van der Waals surface area (Å²) in [5, 5.41) is 1.07. The highest BCUT2D eigenvalue weighted by atomic mass is 16.5. The number of hydrogen-bond donors (Lipinski definition) is 1. The molecular formula is C27H31N3O2. The topological polar surface area (TPSA) is 68.5 Å². The molecule has 5 heteroatoms. The second kappa shape index (κ2) is 8.91. The lowest BCUT2D eigenvalue weighted by atomic mass is 9.90. The third-order valence-corrected chi connectivity index (χ3v) is 6.95. The van der Waals surface area contributed by atoms with Gasteiger partial charge < -0.3 is 15.4 Å². The van der Waals surface area contributed by atoms with Crippen molar-refractivity contribution in [3.05, 3.63) is 59.2 Å². The molecule has 5 nitrogen and oxygen atoms in total. The summed E-state index contributed by atoms with van der Waals surface area (Å²) in [7, 11) is 0. The smallest absolute Gasteiger partial charge is 0.254 e. The fourth-order valence-electron chi connectivity index (χ4n) is 5.22. The Hall–Kier alpha value is -2.92. The predicted octanol–water partition coefficient (Wildman–Crippen LogP) is 5.31. The second-order valence-electron chi connectivity index (χ2n) is 9.11. The summed E-state index contributed by atoms with van der Waals surface area (Å²) in [5.74, 6) is 1.14. The minimum Gasteiger partial charge on any atom is -0.383 e. The molecule has 166 valence electrons. The number of rotatable bonds is 3. The molecule has 3 aromatic rings. The van der Waals surface area contributed by atoms with Crippen LogP contribution in [0.15, 0.2) is 42.5 Å². The summed E-state index contributed by atoms with van der Waals surface area (Å²) >= 11 is 0. The molecule has 1 aromatic heterocycles. The van der Waals surface area contributed by atoms with E-state index in [1.807, 2.05) is 23.1 Å². The first-order chi connectivity index (χ1) is 15.6. The fourth-order valence-corrected chi connectivity index (χ4v) is 5.22.